The number of hydrogen-bond donors (Lipinski definition) is 1. The second-order valence-corrected chi connectivity index (χ2v) is 7.52. The van der Waals surface area contributed by atoms with Gasteiger partial charge in [0.1, 0.15) is 12.4 Å². The Balaban J connectivity index is 1.48. The van der Waals surface area contributed by atoms with E-state index in [1.807, 2.05) is 47.8 Å². The number of amides is 1. The van der Waals surface area contributed by atoms with E-state index in [9.17, 15) is 4.79 Å². The lowest BCUT2D eigenvalue weighted by molar-refractivity contribution is -0.120. The van der Waals surface area contributed by atoms with Crippen LogP contribution in [0.4, 0.5) is 0 Å². The summed E-state index contributed by atoms with van der Waals surface area (Å²) in [6.45, 7) is 0.349. The van der Waals surface area contributed by atoms with Crippen LogP contribution >= 0.6 is 34.5 Å². The lowest BCUT2D eigenvalue weighted by Gasteiger charge is -2.08. The molecule has 138 valence electrons. The van der Waals surface area contributed by atoms with Gasteiger partial charge in [-0.3, -0.25) is 4.79 Å². The molecule has 3 aromatic rings. The van der Waals surface area contributed by atoms with Crippen LogP contribution in [-0.2, 0) is 17.8 Å². The molecule has 0 unspecified atom stereocenters. The van der Waals surface area contributed by atoms with E-state index in [0.717, 1.165) is 16.0 Å². The van der Waals surface area contributed by atoms with Crippen molar-refractivity contribution >= 4 is 46.7 Å². The van der Waals surface area contributed by atoms with Crippen molar-refractivity contribution < 1.29 is 9.53 Å². The summed E-state index contributed by atoms with van der Waals surface area (Å²) < 4.78 is 5.73. The van der Waals surface area contributed by atoms with Gasteiger partial charge in [0.2, 0.25) is 5.91 Å². The zero-order chi connectivity index (χ0) is 19.1. The van der Waals surface area contributed by atoms with E-state index in [-0.39, 0.29) is 5.91 Å². The molecule has 27 heavy (non-hydrogen) atoms. The first-order valence-electron chi connectivity index (χ1n) is 8.11. The van der Waals surface area contributed by atoms with Crippen LogP contribution in [0.15, 0.2) is 65.1 Å². The molecular formula is C20H16Cl2N2O2S. The number of benzene rings is 2. The summed E-state index contributed by atoms with van der Waals surface area (Å²) in [6, 6.07) is 16.5. The van der Waals surface area contributed by atoms with Gasteiger partial charge in [0.15, 0.2) is 0 Å². The highest BCUT2D eigenvalue weighted by molar-refractivity contribution is 7.10. The zero-order valence-electron chi connectivity index (χ0n) is 14.2. The third kappa shape index (κ3) is 6.10. The molecule has 0 saturated heterocycles. The second kappa shape index (κ2) is 9.55. The van der Waals surface area contributed by atoms with E-state index in [4.69, 9.17) is 27.9 Å². The van der Waals surface area contributed by atoms with Crippen molar-refractivity contribution in [3.05, 3.63) is 86.0 Å². The highest BCUT2D eigenvalue weighted by atomic mass is 35.5. The Kier molecular flexibility index (Phi) is 6.87. The van der Waals surface area contributed by atoms with Gasteiger partial charge in [0, 0.05) is 20.5 Å². The molecule has 4 nitrogen and oxygen atoms in total. The highest BCUT2D eigenvalue weighted by Crippen LogP contribution is 2.22. The Hall–Kier alpha value is -2.34. The molecule has 1 amide bonds. The van der Waals surface area contributed by atoms with E-state index in [2.05, 4.69) is 10.5 Å². The van der Waals surface area contributed by atoms with Crippen molar-refractivity contribution in [3.8, 4) is 5.75 Å². The van der Waals surface area contributed by atoms with Crippen LogP contribution in [0, 0.1) is 0 Å². The van der Waals surface area contributed by atoms with Crippen LogP contribution in [0.25, 0.3) is 0 Å². The third-order valence-corrected chi connectivity index (χ3v) is 5.07. The lowest BCUT2D eigenvalue weighted by Crippen LogP contribution is -2.19. The number of nitrogens with zero attached hydrogens (tertiary/aromatic N) is 1. The number of halogens is 2. The molecule has 1 aromatic heterocycles. The average Bonchev–Trinajstić information content (AvgIpc) is 3.15. The topological polar surface area (TPSA) is 50.7 Å². The maximum atomic E-state index is 11.8. The van der Waals surface area contributed by atoms with Crippen LogP contribution in [0.5, 0.6) is 5.75 Å². The second-order valence-electron chi connectivity index (χ2n) is 5.64. The van der Waals surface area contributed by atoms with Crippen LogP contribution in [0.3, 0.4) is 0 Å². The van der Waals surface area contributed by atoms with E-state index in [0.29, 0.717) is 28.8 Å². The quantitative estimate of drug-likeness (QED) is 0.416. The van der Waals surface area contributed by atoms with Gasteiger partial charge in [-0.05, 0) is 53.4 Å². The van der Waals surface area contributed by atoms with Crippen LogP contribution in [0.2, 0.25) is 10.0 Å². The first kappa shape index (κ1) is 19.4. The molecule has 0 radical (unpaired) electrons. The number of ether oxygens (including phenoxy) is 1. The molecule has 0 atom stereocenters. The number of carbonyl (C=O) groups excluding carboxylic acids is 1. The van der Waals surface area contributed by atoms with Crippen LogP contribution in [-0.4, -0.2) is 12.1 Å². The minimum Gasteiger partial charge on any atom is -0.489 e. The molecular weight excluding hydrogens is 403 g/mol. The summed E-state index contributed by atoms with van der Waals surface area (Å²) in [7, 11) is 0. The fraction of sp³-hybridized carbons (Fsp3) is 0.100. The Morgan fingerprint density at radius 3 is 2.67 bits per heavy atom. The Bertz CT molecular complexity index is 926. The van der Waals surface area contributed by atoms with Crippen LogP contribution in [0.1, 0.15) is 16.0 Å². The fourth-order valence-electron chi connectivity index (χ4n) is 2.24. The first-order valence-corrected chi connectivity index (χ1v) is 9.75. The molecule has 0 aliphatic carbocycles. The summed E-state index contributed by atoms with van der Waals surface area (Å²) in [5, 5.41) is 7.08. The van der Waals surface area contributed by atoms with Gasteiger partial charge in [-0.25, -0.2) is 5.43 Å². The van der Waals surface area contributed by atoms with Crippen molar-refractivity contribution in [1.82, 2.24) is 5.43 Å². The first-order chi connectivity index (χ1) is 13.1. The monoisotopic (exact) mass is 418 g/mol. The van der Waals surface area contributed by atoms with Gasteiger partial charge in [-0.1, -0.05) is 35.3 Å². The number of thiophene rings is 1. The maximum Gasteiger partial charge on any atom is 0.245 e. The number of hydrogen-bond acceptors (Lipinski definition) is 4. The van der Waals surface area contributed by atoms with Gasteiger partial charge >= 0.3 is 0 Å². The molecule has 0 saturated carbocycles. The van der Waals surface area contributed by atoms with Crippen molar-refractivity contribution in [2.45, 2.75) is 13.0 Å². The molecule has 7 heteroatoms. The molecule has 3 rings (SSSR count). The zero-order valence-corrected chi connectivity index (χ0v) is 16.5. The molecule has 0 bridgehead atoms. The molecule has 0 aliphatic rings. The average molecular weight is 419 g/mol. The van der Waals surface area contributed by atoms with E-state index in [1.54, 1.807) is 29.7 Å². The number of hydrazone groups is 1. The summed E-state index contributed by atoms with van der Waals surface area (Å²) in [4.78, 5) is 12.8. The SMILES string of the molecule is O=C(Cc1cccs1)N/N=C\c1ccc(OCc2ccc(Cl)cc2Cl)cc1. The maximum absolute atomic E-state index is 11.8. The lowest BCUT2D eigenvalue weighted by atomic mass is 10.2. The highest BCUT2D eigenvalue weighted by Gasteiger charge is 2.04. The minimum atomic E-state index is -0.145. The molecule has 1 N–H and O–H groups in total. The van der Waals surface area contributed by atoms with Crippen molar-refractivity contribution in [1.29, 1.82) is 0 Å². The third-order valence-electron chi connectivity index (χ3n) is 3.61. The van der Waals surface area contributed by atoms with Crippen molar-refractivity contribution in [3.63, 3.8) is 0 Å². The predicted molar refractivity (Wildman–Crippen MR) is 111 cm³/mol. The number of rotatable bonds is 7. The number of carbonyl (C=O) groups is 1. The fourth-order valence-corrected chi connectivity index (χ4v) is 3.41. The summed E-state index contributed by atoms with van der Waals surface area (Å²) in [5.74, 6) is 0.563. The Labute approximate surface area is 171 Å². The smallest absolute Gasteiger partial charge is 0.245 e. The van der Waals surface area contributed by atoms with E-state index in [1.165, 1.54) is 0 Å². The standard InChI is InChI=1S/C20H16Cl2N2O2S/c21-16-6-5-15(19(22)10-16)13-26-17-7-3-14(4-8-17)12-23-24-20(25)11-18-2-1-9-27-18/h1-10,12H,11,13H2,(H,24,25)/b23-12-. The van der Waals surface area contributed by atoms with Crippen molar-refractivity contribution in [2.24, 2.45) is 5.10 Å². The minimum absolute atomic E-state index is 0.145. The van der Waals surface area contributed by atoms with Gasteiger partial charge in [-0.2, -0.15) is 5.10 Å². The Morgan fingerprint density at radius 1 is 1.15 bits per heavy atom. The van der Waals surface area contributed by atoms with Gasteiger partial charge in [0.05, 0.1) is 12.6 Å². The summed E-state index contributed by atoms with van der Waals surface area (Å²) >= 11 is 13.6. The Morgan fingerprint density at radius 2 is 1.96 bits per heavy atom. The van der Waals surface area contributed by atoms with Crippen LogP contribution < -0.4 is 10.2 Å². The molecule has 1 heterocycles. The van der Waals surface area contributed by atoms with E-state index >= 15 is 0 Å². The summed E-state index contributed by atoms with van der Waals surface area (Å²) in [5.41, 5.74) is 4.23. The largest absolute Gasteiger partial charge is 0.489 e. The van der Waals surface area contributed by atoms with Crippen molar-refractivity contribution in [2.75, 3.05) is 0 Å². The van der Waals surface area contributed by atoms with Gasteiger partial charge in [-0.15, -0.1) is 11.3 Å². The van der Waals surface area contributed by atoms with E-state index < -0.39 is 0 Å². The van der Waals surface area contributed by atoms with Gasteiger partial charge < -0.3 is 4.74 Å². The van der Waals surface area contributed by atoms with Gasteiger partial charge in [0.25, 0.3) is 0 Å². The molecule has 0 spiro atoms. The molecule has 2 aromatic carbocycles. The predicted octanol–water partition coefficient (Wildman–Crippen LogP) is 5.33. The molecule has 0 aliphatic heterocycles. The normalized spacial score (nSPS) is 10.9. The number of nitrogens with one attached hydrogen (secondary N) is 1. The summed E-state index contributed by atoms with van der Waals surface area (Å²) in [6.07, 6.45) is 1.92. The molecule has 0 fully saturated rings.